The fraction of sp³-hybridized carbons (Fsp3) is 0.895. The molecule has 4 aliphatic rings. The minimum Gasteiger partial charge on any atom is -0.393 e. The van der Waals surface area contributed by atoms with E-state index in [4.69, 9.17) is 0 Å². The molecule has 3 heteroatoms. The summed E-state index contributed by atoms with van der Waals surface area (Å²) < 4.78 is 0. The summed E-state index contributed by atoms with van der Waals surface area (Å²) in [6.07, 6.45) is 6.60. The van der Waals surface area contributed by atoms with Crippen molar-refractivity contribution in [1.82, 2.24) is 0 Å². The zero-order valence-corrected chi connectivity index (χ0v) is 13.8. The van der Waals surface area contributed by atoms with Crippen LogP contribution in [-0.2, 0) is 9.59 Å². The topological polar surface area (TPSA) is 54.4 Å². The van der Waals surface area contributed by atoms with Crippen molar-refractivity contribution in [3.8, 4) is 0 Å². The summed E-state index contributed by atoms with van der Waals surface area (Å²) >= 11 is 0. The molecule has 4 saturated carbocycles. The maximum Gasteiger partial charge on any atom is 0.136 e. The number of hydrogen-bond acceptors (Lipinski definition) is 3. The fourth-order valence-electron chi connectivity index (χ4n) is 6.75. The van der Waals surface area contributed by atoms with E-state index >= 15 is 0 Å². The van der Waals surface area contributed by atoms with Crippen LogP contribution in [0.3, 0.4) is 0 Å². The summed E-state index contributed by atoms with van der Waals surface area (Å²) in [6, 6.07) is 0. The fourth-order valence-corrected chi connectivity index (χ4v) is 6.75. The van der Waals surface area contributed by atoms with Gasteiger partial charge in [-0.05, 0) is 60.7 Å². The highest BCUT2D eigenvalue weighted by molar-refractivity contribution is 5.86. The van der Waals surface area contributed by atoms with Crippen molar-refractivity contribution >= 4 is 11.6 Å². The molecule has 4 fully saturated rings. The van der Waals surface area contributed by atoms with Crippen molar-refractivity contribution in [2.75, 3.05) is 0 Å². The van der Waals surface area contributed by atoms with Crippen LogP contribution in [0.1, 0.15) is 65.2 Å². The molecule has 0 bridgehead atoms. The summed E-state index contributed by atoms with van der Waals surface area (Å²) in [7, 11) is 0. The zero-order chi connectivity index (χ0) is 15.7. The monoisotopic (exact) mass is 304 g/mol. The highest BCUT2D eigenvalue weighted by Crippen LogP contribution is 2.65. The predicted octanol–water partition coefficient (Wildman–Crippen LogP) is 3.14. The van der Waals surface area contributed by atoms with Gasteiger partial charge < -0.3 is 5.11 Å². The standard InChI is InChI=1S/C19H28O3/c1-18-5-4-14-17(15(18)9-13(21)10-18)16(22)8-11-7-12(20)3-6-19(11,14)2/h11,13-15,17,21H,3-10H2,1-2H3/t11-,13-,14-,15+,17+,18-,19+/m1/s1. The highest BCUT2D eigenvalue weighted by atomic mass is 16.3. The SMILES string of the molecule is C[C@]12CC[C@@H]3[C@H](C(=O)C[C@H]4CC(=O)CC[C@@]43C)[C@@H]1C[C@@H](O)C2. The summed E-state index contributed by atoms with van der Waals surface area (Å²) in [5.41, 5.74) is 0.325. The normalized spacial score (nSPS) is 54.6. The van der Waals surface area contributed by atoms with Crippen LogP contribution in [0.4, 0.5) is 0 Å². The summed E-state index contributed by atoms with van der Waals surface area (Å²) in [5, 5.41) is 10.2. The van der Waals surface area contributed by atoms with E-state index in [1.807, 2.05) is 0 Å². The third-order valence-corrected chi connectivity index (χ3v) is 8.03. The molecular weight excluding hydrogens is 276 g/mol. The molecule has 0 radical (unpaired) electrons. The van der Waals surface area contributed by atoms with E-state index < -0.39 is 0 Å². The Morgan fingerprint density at radius 2 is 1.86 bits per heavy atom. The lowest BCUT2D eigenvalue weighted by atomic mass is 9.45. The molecule has 4 aliphatic carbocycles. The Hall–Kier alpha value is -0.700. The van der Waals surface area contributed by atoms with E-state index in [1.54, 1.807) is 0 Å². The molecule has 0 heterocycles. The van der Waals surface area contributed by atoms with E-state index in [9.17, 15) is 14.7 Å². The predicted molar refractivity (Wildman–Crippen MR) is 83.1 cm³/mol. The molecule has 0 unspecified atom stereocenters. The highest BCUT2D eigenvalue weighted by Gasteiger charge is 2.61. The lowest BCUT2D eigenvalue weighted by molar-refractivity contribution is -0.156. The largest absolute Gasteiger partial charge is 0.393 e. The molecule has 0 spiro atoms. The molecule has 0 aromatic carbocycles. The van der Waals surface area contributed by atoms with Crippen molar-refractivity contribution in [2.24, 2.45) is 34.5 Å². The van der Waals surface area contributed by atoms with Gasteiger partial charge in [0, 0.05) is 25.2 Å². The molecule has 22 heavy (non-hydrogen) atoms. The van der Waals surface area contributed by atoms with Gasteiger partial charge in [-0.1, -0.05) is 13.8 Å². The van der Waals surface area contributed by atoms with Gasteiger partial charge in [-0.15, -0.1) is 0 Å². The van der Waals surface area contributed by atoms with Gasteiger partial charge in [0.2, 0.25) is 0 Å². The summed E-state index contributed by atoms with van der Waals surface area (Å²) in [5.74, 6) is 1.97. The van der Waals surface area contributed by atoms with E-state index in [0.29, 0.717) is 42.7 Å². The van der Waals surface area contributed by atoms with Crippen molar-refractivity contribution in [1.29, 1.82) is 0 Å². The molecular formula is C19H28O3. The first-order valence-electron chi connectivity index (χ1n) is 9.06. The number of aliphatic hydroxyl groups excluding tert-OH is 1. The second kappa shape index (κ2) is 4.66. The van der Waals surface area contributed by atoms with Crippen LogP contribution in [0, 0.1) is 34.5 Å². The summed E-state index contributed by atoms with van der Waals surface area (Å²) in [6.45, 7) is 4.64. The molecule has 0 saturated heterocycles. The molecule has 0 aromatic heterocycles. The van der Waals surface area contributed by atoms with E-state index in [2.05, 4.69) is 13.8 Å². The lowest BCUT2D eigenvalue weighted by Crippen LogP contribution is -2.56. The van der Waals surface area contributed by atoms with Gasteiger partial charge in [0.25, 0.3) is 0 Å². The number of fused-ring (bicyclic) bond motifs is 5. The van der Waals surface area contributed by atoms with Crippen LogP contribution in [0.25, 0.3) is 0 Å². The van der Waals surface area contributed by atoms with Crippen molar-refractivity contribution < 1.29 is 14.7 Å². The number of Topliss-reactive ketones (excluding diaryl/α,β-unsaturated/α-hetero) is 2. The number of hydrogen-bond donors (Lipinski definition) is 1. The van der Waals surface area contributed by atoms with Gasteiger partial charge in [0.1, 0.15) is 11.6 Å². The van der Waals surface area contributed by atoms with Crippen LogP contribution >= 0.6 is 0 Å². The zero-order valence-electron chi connectivity index (χ0n) is 13.8. The van der Waals surface area contributed by atoms with Gasteiger partial charge in [-0.2, -0.15) is 0 Å². The van der Waals surface area contributed by atoms with Gasteiger partial charge in [-0.3, -0.25) is 9.59 Å². The number of carbonyl (C=O) groups is 2. The Morgan fingerprint density at radius 3 is 2.64 bits per heavy atom. The number of aliphatic hydroxyl groups is 1. The maximum absolute atomic E-state index is 12.9. The smallest absolute Gasteiger partial charge is 0.136 e. The Balaban J connectivity index is 1.70. The van der Waals surface area contributed by atoms with Gasteiger partial charge in [0.15, 0.2) is 0 Å². The second-order valence-electron chi connectivity index (χ2n) is 9.14. The first-order valence-corrected chi connectivity index (χ1v) is 9.06. The minimum atomic E-state index is -0.222. The second-order valence-corrected chi connectivity index (χ2v) is 9.14. The molecule has 7 atom stereocenters. The first kappa shape index (κ1) is 14.9. The molecule has 0 aromatic rings. The van der Waals surface area contributed by atoms with Gasteiger partial charge in [0.05, 0.1) is 6.10 Å². The molecule has 0 aliphatic heterocycles. The summed E-state index contributed by atoms with van der Waals surface area (Å²) in [4.78, 5) is 24.8. The van der Waals surface area contributed by atoms with E-state index in [1.165, 1.54) is 0 Å². The Labute approximate surface area is 132 Å². The van der Waals surface area contributed by atoms with Crippen molar-refractivity contribution in [2.45, 2.75) is 71.3 Å². The van der Waals surface area contributed by atoms with Crippen LogP contribution in [0.5, 0.6) is 0 Å². The maximum atomic E-state index is 12.9. The van der Waals surface area contributed by atoms with E-state index in [0.717, 1.165) is 32.1 Å². The van der Waals surface area contributed by atoms with Crippen molar-refractivity contribution in [3.63, 3.8) is 0 Å². The van der Waals surface area contributed by atoms with Crippen LogP contribution in [0.2, 0.25) is 0 Å². The number of carbonyl (C=O) groups excluding carboxylic acids is 2. The number of ketones is 2. The molecule has 1 N–H and O–H groups in total. The Kier molecular flexibility index (Phi) is 3.15. The van der Waals surface area contributed by atoms with Crippen LogP contribution in [0.15, 0.2) is 0 Å². The molecule has 3 nitrogen and oxygen atoms in total. The van der Waals surface area contributed by atoms with Crippen LogP contribution in [-0.4, -0.2) is 22.8 Å². The number of rotatable bonds is 0. The molecule has 0 amide bonds. The van der Waals surface area contributed by atoms with Crippen LogP contribution < -0.4 is 0 Å². The van der Waals surface area contributed by atoms with E-state index in [-0.39, 0.29) is 28.8 Å². The Bertz CT molecular complexity index is 527. The average molecular weight is 304 g/mol. The third kappa shape index (κ3) is 1.90. The van der Waals surface area contributed by atoms with Gasteiger partial charge >= 0.3 is 0 Å². The third-order valence-electron chi connectivity index (χ3n) is 8.03. The van der Waals surface area contributed by atoms with Gasteiger partial charge in [-0.25, -0.2) is 0 Å². The Morgan fingerprint density at radius 1 is 1.09 bits per heavy atom. The molecule has 4 rings (SSSR count). The van der Waals surface area contributed by atoms with Crippen molar-refractivity contribution in [3.05, 3.63) is 0 Å². The minimum absolute atomic E-state index is 0.144. The quantitative estimate of drug-likeness (QED) is 0.748. The average Bonchev–Trinajstić information content (AvgIpc) is 2.75. The first-order chi connectivity index (χ1) is 10.3. The molecule has 122 valence electrons. The lowest BCUT2D eigenvalue weighted by Gasteiger charge is -2.58.